The van der Waals surface area contributed by atoms with E-state index in [4.69, 9.17) is 17.0 Å². The molecule has 0 aliphatic rings. The third kappa shape index (κ3) is 5.02. The number of benzene rings is 2. The number of methoxy groups -OCH3 is 1. The number of halogens is 3. The van der Waals surface area contributed by atoms with Crippen LogP contribution in [0.2, 0.25) is 0 Å². The van der Waals surface area contributed by atoms with Gasteiger partial charge in [-0.1, -0.05) is 18.2 Å². The summed E-state index contributed by atoms with van der Waals surface area (Å²) < 4.78 is 45.5. The first-order chi connectivity index (χ1) is 13.8. The minimum Gasteiger partial charge on any atom is -0.497 e. The van der Waals surface area contributed by atoms with E-state index in [1.807, 2.05) is 0 Å². The van der Waals surface area contributed by atoms with Crippen LogP contribution in [0.4, 0.5) is 13.2 Å². The van der Waals surface area contributed by atoms with Gasteiger partial charge in [-0.2, -0.15) is 18.3 Å². The molecule has 0 spiro atoms. The van der Waals surface area contributed by atoms with Gasteiger partial charge in [0, 0.05) is 0 Å². The fourth-order valence-electron chi connectivity index (χ4n) is 2.70. The zero-order chi connectivity index (χ0) is 21.0. The van der Waals surface area contributed by atoms with Crippen LogP contribution in [0.1, 0.15) is 17.0 Å². The van der Waals surface area contributed by atoms with E-state index >= 15 is 0 Å². The molecule has 0 bridgehead atoms. The van der Waals surface area contributed by atoms with Gasteiger partial charge >= 0.3 is 6.18 Å². The molecule has 0 aliphatic heterocycles. The van der Waals surface area contributed by atoms with Gasteiger partial charge in [0.25, 0.3) is 0 Å². The summed E-state index contributed by atoms with van der Waals surface area (Å²) in [6.07, 6.45) is -4.34. The Kier molecular flexibility index (Phi) is 6.02. The summed E-state index contributed by atoms with van der Waals surface area (Å²) in [6, 6.07) is 11.8. The average molecular weight is 422 g/mol. The number of carbonyl (C=O) groups excluding carboxylic acids is 1. The number of amides is 1. The Bertz CT molecular complexity index is 1060. The second-order valence-corrected chi connectivity index (χ2v) is 6.52. The maximum Gasteiger partial charge on any atom is 0.416 e. The Balaban J connectivity index is 1.73. The first-order valence-corrected chi connectivity index (χ1v) is 8.92. The number of ether oxygens (including phenoxy) is 1. The number of nitrogens with one attached hydrogen (secondary N) is 2. The van der Waals surface area contributed by atoms with Gasteiger partial charge in [-0.05, 0) is 48.1 Å². The monoisotopic (exact) mass is 422 g/mol. The van der Waals surface area contributed by atoms with Crippen molar-refractivity contribution in [2.24, 2.45) is 0 Å². The highest BCUT2D eigenvalue weighted by atomic mass is 32.1. The molecule has 1 amide bonds. The molecule has 1 heterocycles. The lowest BCUT2D eigenvalue weighted by atomic mass is 10.1. The van der Waals surface area contributed by atoms with Crippen LogP contribution in [0, 0.1) is 4.77 Å². The summed E-state index contributed by atoms with van der Waals surface area (Å²) in [6.45, 7) is -0.00161. The van der Waals surface area contributed by atoms with Gasteiger partial charge in [0.15, 0.2) is 10.6 Å². The Hall–Kier alpha value is -3.14. The molecule has 152 valence electrons. The lowest BCUT2D eigenvalue weighted by Gasteiger charge is -2.11. The largest absolute Gasteiger partial charge is 0.497 e. The minimum absolute atomic E-state index is 0.00161. The van der Waals surface area contributed by atoms with E-state index in [9.17, 15) is 18.0 Å². The SMILES string of the molecule is COc1ccc(CC(=O)NCc2n[nH]c(=S)n2-c2cccc(C(F)(F)F)c2)cc1. The molecular formula is C19H17F3N4O2S. The highest BCUT2D eigenvalue weighted by Gasteiger charge is 2.30. The number of aromatic nitrogens is 3. The molecule has 1 aromatic heterocycles. The van der Waals surface area contributed by atoms with Gasteiger partial charge in [-0.15, -0.1) is 0 Å². The van der Waals surface area contributed by atoms with Crippen molar-refractivity contribution in [2.75, 3.05) is 7.11 Å². The van der Waals surface area contributed by atoms with Gasteiger partial charge in [-0.3, -0.25) is 14.5 Å². The third-order valence-electron chi connectivity index (χ3n) is 4.14. The van der Waals surface area contributed by atoms with Crippen molar-refractivity contribution in [2.45, 2.75) is 19.1 Å². The Morgan fingerprint density at radius 1 is 1.24 bits per heavy atom. The molecule has 3 aromatic rings. The number of alkyl halides is 3. The number of hydrogen-bond acceptors (Lipinski definition) is 4. The number of hydrogen-bond donors (Lipinski definition) is 2. The van der Waals surface area contributed by atoms with E-state index < -0.39 is 11.7 Å². The normalized spacial score (nSPS) is 11.3. The molecule has 10 heteroatoms. The quantitative estimate of drug-likeness (QED) is 0.593. The number of rotatable bonds is 6. The van der Waals surface area contributed by atoms with Gasteiger partial charge in [0.05, 0.1) is 31.3 Å². The molecule has 0 radical (unpaired) electrons. The first-order valence-electron chi connectivity index (χ1n) is 8.51. The molecule has 29 heavy (non-hydrogen) atoms. The highest BCUT2D eigenvalue weighted by Crippen LogP contribution is 2.30. The molecule has 0 aliphatic carbocycles. The minimum atomic E-state index is -4.48. The van der Waals surface area contributed by atoms with E-state index in [1.54, 1.807) is 31.4 Å². The smallest absolute Gasteiger partial charge is 0.416 e. The molecular weight excluding hydrogens is 405 g/mol. The molecule has 0 saturated heterocycles. The summed E-state index contributed by atoms with van der Waals surface area (Å²) in [7, 11) is 1.55. The molecule has 2 aromatic carbocycles. The zero-order valence-corrected chi connectivity index (χ0v) is 16.1. The van der Waals surface area contributed by atoms with Crippen LogP contribution in [0.5, 0.6) is 5.75 Å². The average Bonchev–Trinajstić information content (AvgIpc) is 3.07. The summed E-state index contributed by atoms with van der Waals surface area (Å²) >= 11 is 5.14. The Morgan fingerprint density at radius 2 is 1.97 bits per heavy atom. The van der Waals surface area contributed by atoms with Gasteiger partial charge in [0.1, 0.15) is 5.75 Å². The summed E-state index contributed by atoms with van der Waals surface area (Å²) in [5, 5.41) is 9.27. The summed E-state index contributed by atoms with van der Waals surface area (Å²) in [4.78, 5) is 12.2. The Labute approximate surface area is 169 Å². The van der Waals surface area contributed by atoms with Crippen molar-refractivity contribution in [1.82, 2.24) is 20.1 Å². The van der Waals surface area contributed by atoms with Crippen molar-refractivity contribution in [1.29, 1.82) is 0 Å². The fourth-order valence-corrected chi connectivity index (χ4v) is 2.96. The number of nitrogens with zero attached hydrogens (tertiary/aromatic N) is 2. The topological polar surface area (TPSA) is 71.9 Å². The summed E-state index contributed by atoms with van der Waals surface area (Å²) in [5.74, 6) is 0.711. The van der Waals surface area contributed by atoms with E-state index in [0.717, 1.165) is 17.7 Å². The van der Waals surface area contributed by atoms with Crippen LogP contribution in [-0.2, 0) is 23.9 Å². The van der Waals surface area contributed by atoms with Crippen LogP contribution in [0.15, 0.2) is 48.5 Å². The molecule has 3 rings (SSSR count). The van der Waals surface area contributed by atoms with E-state index in [2.05, 4.69) is 15.5 Å². The highest BCUT2D eigenvalue weighted by molar-refractivity contribution is 7.71. The van der Waals surface area contributed by atoms with E-state index in [0.29, 0.717) is 5.75 Å². The van der Waals surface area contributed by atoms with Crippen LogP contribution in [0.25, 0.3) is 5.69 Å². The third-order valence-corrected chi connectivity index (χ3v) is 4.41. The van der Waals surface area contributed by atoms with Crippen molar-refractivity contribution in [3.05, 3.63) is 70.3 Å². The summed E-state index contributed by atoms with van der Waals surface area (Å²) in [5.41, 5.74) is 0.200. The first kappa shape index (κ1) is 20.6. The molecule has 0 saturated carbocycles. The van der Waals surface area contributed by atoms with E-state index in [1.165, 1.54) is 16.7 Å². The maximum absolute atomic E-state index is 13.0. The fraction of sp³-hybridized carbons (Fsp3) is 0.211. The van der Waals surface area contributed by atoms with Crippen molar-refractivity contribution < 1.29 is 22.7 Å². The second kappa shape index (κ2) is 8.48. The van der Waals surface area contributed by atoms with E-state index in [-0.39, 0.29) is 35.2 Å². The molecule has 2 N–H and O–H groups in total. The van der Waals surface area contributed by atoms with Crippen molar-refractivity contribution >= 4 is 18.1 Å². The molecule has 6 nitrogen and oxygen atoms in total. The van der Waals surface area contributed by atoms with Crippen LogP contribution in [-0.4, -0.2) is 27.8 Å². The molecule has 0 fully saturated rings. The number of H-pyrrole nitrogens is 1. The van der Waals surface area contributed by atoms with Crippen LogP contribution >= 0.6 is 12.2 Å². The van der Waals surface area contributed by atoms with Crippen LogP contribution in [0.3, 0.4) is 0 Å². The van der Waals surface area contributed by atoms with Crippen LogP contribution < -0.4 is 10.1 Å². The Morgan fingerprint density at radius 3 is 2.62 bits per heavy atom. The number of carbonyl (C=O) groups is 1. The lowest BCUT2D eigenvalue weighted by molar-refractivity contribution is -0.137. The van der Waals surface area contributed by atoms with Gasteiger partial charge in [0.2, 0.25) is 5.91 Å². The van der Waals surface area contributed by atoms with Gasteiger partial charge in [-0.25, -0.2) is 0 Å². The van der Waals surface area contributed by atoms with Crippen molar-refractivity contribution in [3.8, 4) is 11.4 Å². The zero-order valence-electron chi connectivity index (χ0n) is 15.3. The molecule has 0 atom stereocenters. The maximum atomic E-state index is 13.0. The predicted octanol–water partition coefficient (Wildman–Crippen LogP) is 3.82. The molecule has 0 unspecified atom stereocenters. The second-order valence-electron chi connectivity index (χ2n) is 6.13. The van der Waals surface area contributed by atoms with Crippen molar-refractivity contribution in [3.63, 3.8) is 0 Å². The lowest BCUT2D eigenvalue weighted by Crippen LogP contribution is -2.26. The predicted molar refractivity (Wildman–Crippen MR) is 102 cm³/mol. The van der Waals surface area contributed by atoms with Gasteiger partial charge < -0.3 is 10.1 Å². The number of aromatic amines is 1. The standard InChI is InChI=1S/C19H17F3N4O2S/c1-28-15-7-5-12(6-8-15)9-17(27)23-11-16-24-25-18(29)26(16)14-4-2-3-13(10-14)19(20,21)22/h2-8,10H,9,11H2,1H3,(H,23,27)(H,25,29).